The van der Waals surface area contributed by atoms with E-state index in [0.29, 0.717) is 24.5 Å². The van der Waals surface area contributed by atoms with Gasteiger partial charge in [0.15, 0.2) is 11.5 Å². The molecule has 0 aliphatic heterocycles. The summed E-state index contributed by atoms with van der Waals surface area (Å²) in [6.45, 7) is 2.21. The highest BCUT2D eigenvalue weighted by Gasteiger charge is 2.16. The van der Waals surface area contributed by atoms with Crippen LogP contribution in [-0.4, -0.2) is 34.2 Å². The summed E-state index contributed by atoms with van der Waals surface area (Å²) in [5.41, 5.74) is 0.887. The zero-order chi connectivity index (χ0) is 16.2. The Morgan fingerprint density at radius 1 is 1.23 bits per heavy atom. The molecule has 0 fully saturated rings. The van der Waals surface area contributed by atoms with E-state index in [9.17, 15) is 8.42 Å². The summed E-state index contributed by atoms with van der Waals surface area (Å²) >= 11 is 1.55. The number of methoxy groups -OCH3 is 2. The third-order valence-corrected chi connectivity index (χ3v) is 5.29. The van der Waals surface area contributed by atoms with Crippen molar-refractivity contribution in [2.45, 2.75) is 18.2 Å². The first kappa shape index (κ1) is 16.7. The molecule has 1 N–H and O–H groups in total. The van der Waals surface area contributed by atoms with Gasteiger partial charge in [0.05, 0.1) is 29.8 Å². The Morgan fingerprint density at radius 3 is 2.55 bits per heavy atom. The molecule has 0 saturated heterocycles. The van der Waals surface area contributed by atoms with Gasteiger partial charge in [-0.05, 0) is 19.1 Å². The molecule has 0 unspecified atom stereocenters. The minimum Gasteiger partial charge on any atom is -0.493 e. The molecule has 0 saturated carbocycles. The lowest BCUT2D eigenvalue weighted by atomic mass is 10.3. The predicted molar refractivity (Wildman–Crippen MR) is 85.3 cm³/mol. The van der Waals surface area contributed by atoms with Gasteiger partial charge in [0.2, 0.25) is 10.0 Å². The monoisotopic (exact) mass is 342 g/mol. The number of aromatic nitrogens is 1. The first-order valence-electron chi connectivity index (χ1n) is 6.59. The summed E-state index contributed by atoms with van der Waals surface area (Å²) in [5, 5.41) is 2.90. The van der Waals surface area contributed by atoms with Gasteiger partial charge in [-0.1, -0.05) is 0 Å². The minimum absolute atomic E-state index is 0.139. The molecule has 0 amide bonds. The fourth-order valence-corrected chi connectivity index (χ4v) is 3.60. The van der Waals surface area contributed by atoms with E-state index >= 15 is 0 Å². The number of hydrogen-bond donors (Lipinski definition) is 1. The number of aryl methyl sites for hydroxylation is 1. The minimum atomic E-state index is -3.59. The highest BCUT2D eigenvalue weighted by molar-refractivity contribution is 7.89. The van der Waals surface area contributed by atoms with E-state index in [2.05, 4.69) is 9.71 Å². The van der Waals surface area contributed by atoms with E-state index in [1.54, 1.807) is 17.4 Å². The number of thiazole rings is 1. The maximum atomic E-state index is 12.3. The molecule has 1 aromatic heterocycles. The molecule has 0 spiro atoms. The fourth-order valence-electron chi connectivity index (χ4n) is 1.90. The topological polar surface area (TPSA) is 77.5 Å². The van der Waals surface area contributed by atoms with Gasteiger partial charge in [-0.15, -0.1) is 11.3 Å². The Hall–Kier alpha value is -1.64. The SMILES string of the molecule is COc1ccc(S(=O)(=O)NCCc2csc(C)n2)cc1OC. The fraction of sp³-hybridized carbons (Fsp3) is 0.357. The molecule has 6 nitrogen and oxygen atoms in total. The molecule has 120 valence electrons. The molecular formula is C14H18N2O4S2. The Balaban J connectivity index is 2.06. The number of benzene rings is 1. The second kappa shape index (κ2) is 7.08. The average molecular weight is 342 g/mol. The molecule has 0 aliphatic carbocycles. The number of nitrogens with one attached hydrogen (secondary N) is 1. The van der Waals surface area contributed by atoms with Crippen molar-refractivity contribution < 1.29 is 17.9 Å². The second-order valence-electron chi connectivity index (χ2n) is 4.52. The van der Waals surface area contributed by atoms with Gasteiger partial charge in [0, 0.05) is 24.4 Å². The third-order valence-electron chi connectivity index (χ3n) is 3.01. The van der Waals surface area contributed by atoms with Gasteiger partial charge in [-0.2, -0.15) is 0 Å². The quantitative estimate of drug-likeness (QED) is 0.832. The molecule has 2 rings (SSSR count). The van der Waals surface area contributed by atoms with E-state index in [-0.39, 0.29) is 4.90 Å². The molecule has 0 bridgehead atoms. The van der Waals surface area contributed by atoms with Crippen LogP contribution < -0.4 is 14.2 Å². The van der Waals surface area contributed by atoms with Gasteiger partial charge in [-0.25, -0.2) is 18.1 Å². The Bertz CT molecular complexity index is 741. The van der Waals surface area contributed by atoms with Crippen LogP contribution in [0.5, 0.6) is 11.5 Å². The Morgan fingerprint density at radius 2 is 1.95 bits per heavy atom. The number of sulfonamides is 1. The number of nitrogens with zero attached hydrogens (tertiary/aromatic N) is 1. The third kappa shape index (κ3) is 3.96. The van der Waals surface area contributed by atoms with Crippen LogP contribution in [0.3, 0.4) is 0 Å². The number of hydrogen-bond acceptors (Lipinski definition) is 6. The van der Waals surface area contributed by atoms with Gasteiger partial charge < -0.3 is 9.47 Å². The van der Waals surface area contributed by atoms with E-state index in [4.69, 9.17) is 9.47 Å². The van der Waals surface area contributed by atoms with Crippen molar-refractivity contribution in [3.8, 4) is 11.5 Å². The molecule has 8 heteroatoms. The summed E-state index contributed by atoms with van der Waals surface area (Å²) in [6.07, 6.45) is 0.552. The Kier molecular flexibility index (Phi) is 5.38. The molecule has 0 atom stereocenters. The van der Waals surface area contributed by atoms with Gasteiger partial charge in [-0.3, -0.25) is 0 Å². The van der Waals surface area contributed by atoms with E-state index in [1.807, 2.05) is 12.3 Å². The zero-order valence-electron chi connectivity index (χ0n) is 12.6. The molecule has 2 aromatic rings. The lowest BCUT2D eigenvalue weighted by Crippen LogP contribution is -2.26. The first-order valence-corrected chi connectivity index (χ1v) is 8.95. The van der Waals surface area contributed by atoms with Crippen molar-refractivity contribution >= 4 is 21.4 Å². The first-order chi connectivity index (χ1) is 10.5. The van der Waals surface area contributed by atoms with Crippen LogP contribution in [0, 0.1) is 6.92 Å². The zero-order valence-corrected chi connectivity index (χ0v) is 14.3. The van der Waals surface area contributed by atoms with Crippen molar-refractivity contribution in [1.29, 1.82) is 0 Å². The smallest absolute Gasteiger partial charge is 0.240 e. The summed E-state index contributed by atoms with van der Waals surface area (Å²) in [6, 6.07) is 4.49. The standard InChI is InChI=1S/C14H18N2O4S2/c1-10-16-11(9-21-10)6-7-15-22(17,18)12-4-5-13(19-2)14(8-12)20-3/h4-5,8-9,15H,6-7H2,1-3H3. The maximum Gasteiger partial charge on any atom is 0.240 e. The van der Waals surface area contributed by atoms with Crippen LogP contribution in [0.4, 0.5) is 0 Å². The number of ether oxygens (including phenoxy) is 2. The van der Waals surface area contributed by atoms with Crippen molar-refractivity contribution in [2.24, 2.45) is 0 Å². The summed E-state index contributed by atoms with van der Waals surface area (Å²) in [5.74, 6) is 0.861. The summed E-state index contributed by atoms with van der Waals surface area (Å²) in [7, 11) is -0.626. The average Bonchev–Trinajstić information content (AvgIpc) is 2.91. The van der Waals surface area contributed by atoms with Gasteiger partial charge >= 0.3 is 0 Å². The van der Waals surface area contributed by atoms with Crippen LogP contribution in [0.25, 0.3) is 0 Å². The molecule has 22 heavy (non-hydrogen) atoms. The summed E-state index contributed by atoms with van der Waals surface area (Å²) in [4.78, 5) is 4.44. The van der Waals surface area contributed by atoms with E-state index in [0.717, 1.165) is 10.7 Å². The van der Waals surface area contributed by atoms with Crippen molar-refractivity contribution in [3.63, 3.8) is 0 Å². The highest BCUT2D eigenvalue weighted by atomic mass is 32.2. The molecule has 0 aliphatic rings. The lowest BCUT2D eigenvalue weighted by Gasteiger charge is -2.10. The predicted octanol–water partition coefficient (Wildman–Crippen LogP) is 1.99. The molecule has 1 heterocycles. The van der Waals surface area contributed by atoms with Crippen LogP contribution >= 0.6 is 11.3 Å². The molecule has 1 aromatic carbocycles. The molecular weight excluding hydrogens is 324 g/mol. The highest BCUT2D eigenvalue weighted by Crippen LogP contribution is 2.29. The normalized spacial score (nSPS) is 11.4. The van der Waals surface area contributed by atoms with Crippen molar-refractivity contribution in [3.05, 3.63) is 34.3 Å². The van der Waals surface area contributed by atoms with E-state index in [1.165, 1.54) is 26.4 Å². The second-order valence-corrected chi connectivity index (χ2v) is 7.35. The Labute approximate surface area is 134 Å². The lowest BCUT2D eigenvalue weighted by molar-refractivity contribution is 0.354. The van der Waals surface area contributed by atoms with Crippen molar-refractivity contribution in [1.82, 2.24) is 9.71 Å². The number of rotatable bonds is 7. The van der Waals surface area contributed by atoms with Gasteiger partial charge in [0.25, 0.3) is 0 Å². The summed E-state index contributed by atoms with van der Waals surface area (Å²) < 4.78 is 37.3. The van der Waals surface area contributed by atoms with Crippen LogP contribution in [0.15, 0.2) is 28.5 Å². The molecule has 0 radical (unpaired) electrons. The van der Waals surface area contributed by atoms with Crippen LogP contribution in [-0.2, 0) is 16.4 Å². The van der Waals surface area contributed by atoms with Crippen LogP contribution in [0.2, 0.25) is 0 Å². The largest absolute Gasteiger partial charge is 0.493 e. The van der Waals surface area contributed by atoms with Crippen LogP contribution in [0.1, 0.15) is 10.7 Å². The van der Waals surface area contributed by atoms with E-state index < -0.39 is 10.0 Å². The van der Waals surface area contributed by atoms with Crippen molar-refractivity contribution in [2.75, 3.05) is 20.8 Å². The van der Waals surface area contributed by atoms with Gasteiger partial charge in [0.1, 0.15) is 0 Å². The maximum absolute atomic E-state index is 12.3.